The molecule has 0 spiro atoms. The molecular weight excluding hydrogens is 272 g/mol. The zero-order valence-electron chi connectivity index (χ0n) is 12.1. The number of aryl methyl sites for hydroxylation is 1. The van der Waals surface area contributed by atoms with E-state index in [0.717, 1.165) is 11.1 Å². The van der Waals surface area contributed by atoms with Crippen LogP contribution in [0, 0.1) is 17.0 Å². The Bertz CT molecular complexity index is 661. The van der Waals surface area contributed by atoms with E-state index >= 15 is 0 Å². The summed E-state index contributed by atoms with van der Waals surface area (Å²) in [4.78, 5) is 23.7. The molecule has 0 aliphatic heterocycles. The number of nitro groups is 1. The third-order valence-corrected chi connectivity index (χ3v) is 3.44. The zero-order chi connectivity index (χ0) is 15.6. The number of hydrogen-bond acceptors (Lipinski definition) is 4. The van der Waals surface area contributed by atoms with Gasteiger partial charge in [-0.25, -0.2) is 0 Å². The molecule has 1 aromatic carbocycles. The Hall–Kier alpha value is -2.63. The molecule has 6 nitrogen and oxygen atoms in total. The standard InChI is InChI=1S/C15H16N2O4/c1-10-4-6-12(7-5-10)11(2)16(3)15(18)13-8-9-14(21-13)17(19)20/h4-9,11H,1-3H3. The predicted octanol–water partition coefficient (Wildman–Crippen LogP) is 3.33. The molecule has 1 aromatic heterocycles. The fourth-order valence-electron chi connectivity index (χ4n) is 1.96. The Morgan fingerprint density at radius 3 is 2.38 bits per heavy atom. The van der Waals surface area contributed by atoms with Crippen molar-refractivity contribution in [3.8, 4) is 0 Å². The van der Waals surface area contributed by atoms with Crippen LogP contribution in [0.5, 0.6) is 0 Å². The van der Waals surface area contributed by atoms with Crippen LogP contribution in [0.25, 0.3) is 0 Å². The largest absolute Gasteiger partial charge is 0.433 e. The molecule has 0 saturated heterocycles. The third-order valence-electron chi connectivity index (χ3n) is 3.44. The van der Waals surface area contributed by atoms with Crippen LogP contribution in [0.1, 0.15) is 34.6 Å². The van der Waals surface area contributed by atoms with Gasteiger partial charge in [0.05, 0.1) is 12.1 Å². The number of benzene rings is 1. The van der Waals surface area contributed by atoms with Crippen LogP contribution < -0.4 is 0 Å². The Labute approximate surface area is 122 Å². The van der Waals surface area contributed by atoms with Crippen LogP contribution in [-0.2, 0) is 0 Å². The van der Waals surface area contributed by atoms with Gasteiger partial charge in [-0.05, 0) is 25.5 Å². The fraction of sp³-hybridized carbons (Fsp3) is 0.267. The van der Waals surface area contributed by atoms with E-state index in [2.05, 4.69) is 0 Å². The first-order valence-electron chi connectivity index (χ1n) is 6.48. The highest BCUT2D eigenvalue weighted by Crippen LogP contribution is 2.23. The maximum absolute atomic E-state index is 12.3. The van der Waals surface area contributed by atoms with Crippen LogP contribution in [0.15, 0.2) is 40.8 Å². The summed E-state index contributed by atoms with van der Waals surface area (Å²) in [7, 11) is 1.64. The number of furan rings is 1. The van der Waals surface area contributed by atoms with Gasteiger partial charge in [-0.3, -0.25) is 14.9 Å². The molecule has 6 heteroatoms. The van der Waals surface area contributed by atoms with Gasteiger partial charge in [-0.15, -0.1) is 0 Å². The first-order valence-corrected chi connectivity index (χ1v) is 6.48. The molecule has 1 unspecified atom stereocenters. The zero-order valence-corrected chi connectivity index (χ0v) is 12.1. The van der Waals surface area contributed by atoms with Crippen molar-refractivity contribution in [1.82, 2.24) is 4.90 Å². The molecule has 110 valence electrons. The minimum atomic E-state index is -0.666. The van der Waals surface area contributed by atoms with Gasteiger partial charge in [-0.2, -0.15) is 0 Å². The van der Waals surface area contributed by atoms with Gasteiger partial charge in [0.2, 0.25) is 0 Å². The summed E-state index contributed by atoms with van der Waals surface area (Å²) in [5, 5.41) is 10.6. The van der Waals surface area contributed by atoms with Gasteiger partial charge < -0.3 is 9.32 Å². The second-order valence-corrected chi connectivity index (χ2v) is 4.90. The van der Waals surface area contributed by atoms with Crippen LogP contribution in [0.2, 0.25) is 0 Å². The van der Waals surface area contributed by atoms with Crippen molar-refractivity contribution in [2.24, 2.45) is 0 Å². The minimum Gasteiger partial charge on any atom is -0.395 e. The first-order chi connectivity index (χ1) is 9.90. The van der Waals surface area contributed by atoms with E-state index in [4.69, 9.17) is 4.42 Å². The van der Waals surface area contributed by atoms with Crippen molar-refractivity contribution >= 4 is 11.8 Å². The van der Waals surface area contributed by atoms with E-state index in [1.807, 2.05) is 38.1 Å². The topological polar surface area (TPSA) is 76.6 Å². The summed E-state index contributed by atoms with van der Waals surface area (Å²) >= 11 is 0. The molecule has 21 heavy (non-hydrogen) atoms. The Morgan fingerprint density at radius 2 is 1.86 bits per heavy atom. The van der Waals surface area contributed by atoms with Gasteiger partial charge in [0, 0.05) is 7.05 Å². The molecule has 0 bridgehead atoms. The second kappa shape index (κ2) is 5.78. The van der Waals surface area contributed by atoms with Gasteiger partial charge >= 0.3 is 5.88 Å². The number of carbonyl (C=O) groups excluding carboxylic acids is 1. The molecule has 2 rings (SSSR count). The van der Waals surface area contributed by atoms with Crippen molar-refractivity contribution in [2.75, 3.05) is 7.05 Å². The van der Waals surface area contributed by atoms with Gasteiger partial charge in [-0.1, -0.05) is 29.8 Å². The molecule has 0 saturated carbocycles. The highest BCUT2D eigenvalue weighted by molar-refractivity contribution is 5.91. The van der Waals surface area contributed by atoms with Crippen LogP contribution in [-0.4, -0.2) is 22.8 Å². The van der Waals surface area contributed by atoms with Crippen LogP contribution in [0.4, 0.5) is 5.88 Å². The second-order valence-electron chi connectivity index (χ2n) is 4.90. The summed E-state index contributed by atoms with van der Waals surface area (Å²) in [6.07, 6.45) is 0. The van der Waals surface area contributed by atoms with E-state index in [-0.39, 0.29) is 11.8 Å². The van der Waals surface area contributed by atoms with Gasteiger partial charge in [0.1, 0.15) is 4.92 Å². The van der Waals surface area contributed by atoms with Crippen molar-refractivity contribution < 1.29 is 14.1 Å². The number of carbonyl (C=O) groups is 1. The molecule has 0 aliphatic rings. The summed E-state index contributed by atoms with van der Waals surface area (Å²) in [6, 6.07) is 10.2. The minimum absolute atomic E-state index is 0.0387. The summed E-state index contributed by atoms with van der Waals surface area (Å²) in [5.74, 6) is -0.867. The van der Waals surface area contributed by atoms with Crippen molar-refractivity contribution in [2.45, 2.75) is 19.9 Å². The number of rotatable bonds is 4. The maximum atomic E-state index is 12.3. The summed E-state index contributed by atoms with van der Waals surface area (Å²) < 4.78 is 4.94. The van der Waals surface area contributed by atoms with E-state index in [0.29, 0.717) is 0 Å². The molecule has 2 aromatic rings. The van der Waals surface area contributed by atoms with Crippen molar-refractivity contribution in [1.29, 1.82) is 0 Å². The maximum Gasteiger partial charge on any atom is 0.433 e. The highest BCUT2D eigenvalue weighted by Gasteiger charge is 2.23. The van der Waals surface area contributed by atoms with E-state index in [9.17, 15) is 14.9 Å². The molecule has 1 heterocycles. The SMILES string of the molecule is Cc1ccc(C(C)N(C)C(=O)c2ccc([N+](=O)[O-])o2)cc1. The average molecular weight is 288 g/mol. The molecule has 1 amide bonds. The third kappa shape index (κ3) is 3.10. The quantitative estimate of drug-likeness (QED) is 0.638. The summed E-state index contributed by atoms with van der Waals surface area (Å²) in [6.45, 7) is 3.88. The summed E-state index contributed by atoms with van der Waals surface area (Å²) in [5.41, 5.74) is 2.12. The van der Waals surface area contributed by atoms with Gasteiger partial charge in [0.15, 0.2) is 5.76 Å². The molecular formula is C15H16N2O4. The van der Waals surface area contributed by atoms with E-state index in [1.165, 1.54) is 17.0 Å². The van der Waals surface area contributed by atoms with E-state index < -0.39 is 16.7 Å². The van der Waals surface area contributed by atoms with Crippen molar-refractivity contribution in [3.05, 3.63) is 63.4 Å². The first kappa shape index (κ1) is 14.8. The molecule has 0 radical (unpaired) electrons. The lowest BCUT2D eigenvalue weighted by Crippen LogP contribution is -2.29. The monoisotopic (exact) mass is 288 g/mol. The molecule has 0 N–H and O–H groups in total. The molecule has 1 atom stereocenters. The predicted molar refractivity (Wildman–Crippen MR) is 77.0 cm³/mol. The number of amides is 1. The number of hydrogen-bond donors (Lipinski definition) is 0. The average Bonchev–Trinajstić information content (AvgIpc) is 2.96. The van der Waals surface area contributed by atoms with Crippen LogP contribution >= 0.6 is 0 Å². The lowest BCUT2D eigenvalue weighted by atomic mass is 10.1. The van der Waals surface area contributed by atoms with Crippen LogP contribution in [0.3, 0.4) is 0 Å². The Kier molecular flexibility index (Phi) is 4.07. The normalized spacial score (nSPS) is 12.0. The van der Waals surface area contributed by atoms with E-state index in [1.54, 1.807) is 7.05 Å². The highest BCUT2D eigenvalue weighted by atomic mass is 16.6. The Morgan fingerprint density at radius 1 is 1.24 bits per heavy atom. The smallest absolute Gasteiger partial charge is 0.395 e. The fourth-order valence-corrected chi connectivity index (χ4v) is 1.96. The molecule has 0 fully saturated rings. The number of nitrogens with zero attached hydrogens (tertiary/aromatic N) is 2. The lowest BCUT2D eigenvalue weighted by Gasteiger charge is -2.24. The van der Waals surface area contributed by atoms with Gasteiger partial charge in [0.25, 0.3) is 5.91 Å². The molecule has 0 aliphatic carbocycles. The lowest BCUT2D eigenvalue weighted by molar-refractivity contribution is -0.402. The Balaban J connectivity index is 2.17. The van der Waals surface area contributed by atoms with Crippen molar-refractivity contribution in [3.63, 3.8) is 0 Å².